The van der Waals surface area contributed by atoms with Gasteiger partial charge in [0, 0.05) is 47.7 Å². The van der Waals surface area contributed by atoms with Crippen LogP contribution in [0.25, 0.3) is 21.8 Å². The molecule has 4 heteroatoms. The highest BCUT2D eigenvalue weighted by Crippen LogP contribution is 2.30. The third-order valence-corrected chi connectivity index (χ3v) is 4.94. The van der Waals surface area contributed by atoms with E-state index in [1.54, 1.807) is 17.5 Å². The Hall–Kier alpha value is -2.20. The number of aromatic nitrogens is 2. The van der Waals surface area contributed by atoms with Crippen LogP contribution in [0.5, 0.6) is 0 Å². The first-order chi connectivity index (χ1) is 10.9. The lowest BCUT2D eigenvalue weighted by molar-refractivity contribution is 0.949. The second-order valence-electron chi connectivity index (χ2n) is 5.52. The molecule has 4 rings (SSSR count). The van der Waals surface area contributed by atoms with Gasteiger partial charge in [0.2, 0.25) is 0 Å². The van der Waals surface area contributed by atoms with E-state index in [2.05, 4.69) is 39.5 Å². The van der Waals surface area contributed by atoms with E-state index in [-0.39, 0.29) is 0 Å². The van der Waals surface area contributed by atoms with Crippen LogP contribution in [-0.4, -0.2) is 23.1 Å². The van der Waals surface area contributed by atoms with Gasteiger partial charge in [-0.2, -0.15) is 0 Å². The molecule has 0 atom stereocenters. The van der Waals surface area contributed by atoms with Crippen molar-refractivity contribution in [2.24, 2.45) is 0 Å². The summed E-state index contributed by atoms with van der Waals surface area (Å²) in [6, 6.07) is 12.8. The lowest BCUT2D eigenvalue weighted by Gasteiger charge is -2.17. The molecule has 0 amide bonds. The summed E-state index contributed by atoms with van der Waals surface area (Å²) >= 11 is 1.67. The second kappa shape index (κ2) is 5.89. The predicted molar refractivity (Wildman–Crippen MR) is 92.2 cm³/mol. The molecule has 0 bridgehead atoms. The van der Waals surface area contributed by atoms with Crippen molar-refractivity contribution in [3.05, 3.63) is 54.2 Å². The van der Waals surface area contributed by atoms with Gasteiger partial charge < -0.3 is 4.90 Å². The van der Waals surface area contributed by atoms with Gasteiger partial charge in [-0.1, -0.05) is 12.1 Å². The van der Waals surface area contributed by atoms with Crippen LogP contribution in [0, 0.1) is 0 Å². The van der Waals surface area contributed by atoms with E-state index < -0.39 is 0 Å². The molecule has 3 heterocycles. The van der Waals surface area contributed by atoms with E-state index in [1.807, 2.05) is 18.3 Å². The maximum Gasteiger partial charge on any atom is 0.125 e. The molecule has 3 aromatic rings. The summed E-state index contributed by atoms with van der Waals surface area (Å²) in [4.78, 5) is 11.4. The zero-order valence-corrected chi connectivity index (χ0v) is 13.1. The fourth-order valence-electron chi connectivity index (χ4n) is 2.85. The van der Waals surface area contributed by atoms with Crippen molar-refractivity contribution in [2.45, 2.75) is 12.8 Å². The van der Waals surface area contributed by atoms with Crippen molar-refractivity contribution in [3.8, 4) is 21.8 Å². The highest BCUT2D eigenvalue weighted by Gasteiger charge is 2.12. The monoisotopic (exact) mass is 307 g/mol. The number of hydrogen-bond donors (Lipinski definition) is 0. The summed E-state index contributed by atoms with van der Waals surface area (Å²) in [7, 11) is 0. The van der Waals surface area contributed by atoms with Crippen LogP contribution in [0.2, 0.25) is 0 Å². The number of anilines is 1. The number of nitrogens with zero attached hydrogens (tertiary/aromatic N) is 3. The van der Waals surface area contributed by atoms with E-state index in [9.17, 15) is 0 Å². The van der Waals surface area contributed by atoms with E-state index in [4.69, 9.17) is 4.98 Å². The van der Waals surface area contributed by atoms with Crippen molar-refractivity contribution in [1.82, 2.24) is 9.97 Å². The minimum Gasteiger partial charge on any atom is -0.372 e. The molecule has 2 aromatic heterocycles. The van der Waals surface area contributed by atoms with Crippen LogP contribution in [0.15, 0.2) is 54.2 Å². The average Bonchev–Trinajstić information content (AvgIpc) is 3.28. The van der Waals surface area contributed by atoms with Gasteiger partial charge in [0.05, 0.1) is 5.69 Å². The lowest BCUT2D eigenvalue weighted by Crippen LogP contribution is -2.17. The SMILES string of the molecule is c1cncc(-c2nc(-c3ccc(N4CCCC4)cc3)cs2)c1. The van der Waals surface area contributed by atoms with Gasteiger partial charge in [-0.3, -0.25) is 4.98 Å². The Balaban J connectivity index is 1.58. The Morgan fingerprint density at radius 3 is 2.50 bits per heavy atom. The molecule has 22 heavy (non-hydrogen) atoms. The summed E-state index contributed by atoms with van der Waals surface area (Å²) in [6.07, 6.45) is 6.26. The van der Waals surface area contributed by atoms with Crippen molar-refractivity contribution >= 4 is 17.0 Å². The third-order valence-electron chi connectivity index (χ3n) is 4.05. The number of pyridine rings is 1. The molecule has 1 aliphatic rings. The summed E-state index contributed by atoms with van der Waals surface area (Å²) in [6.45, 7) is 2.36. The Bertz CT molecular complexity index is 744. The van der Waals surface area contributed by atoms with Gasteiger partial charge in [0.15, 0.2) is 0 Å². The molecule has 0 aliphatic carbocycles. The van der Waals surface area contributed by atoms with Gasteiger partial charge in [-0.25, -0.2) is 4.98 Å². The molecule has 1 fully saturated rings. The highest BCUT2D eigenvalue weighted by molar-refractivity contribution is 7.13. The van der Waals surface area contributed by atoms with E-state index >= 15 is 0 Å². The number of benzene rings is 1. The molecule has 0 spiro atoms. The smallest absolute Gasteiger partial charge is 0.125 e. The molecule has 1 aromatic carbocycles. The van der Waals surface area contributed by atoms with Gasteiger partial charge in [-0.05, 0) is 37.1 Å². The van der Waals surface area contributed by atoms with Gasteiger partial charge in [-0.15, -0.1) is 11.3 Å². The summed E-state index contributed by atoms with van der Waals surface area (Å²) in [5, 5.41) is 3.14. The first-order valence-corrected chi connectivity index (χ1v) is 8.49. The number of hydrogen-bond acceptors (Lipinski definition) is 4. The lowest BCUT2D eigenvalue weighted by atomic mass is 10.1. The van der Waals surface area contributed by atoms with Crippen molar-refractivity contribution in [1.29, 1.82) is 0 Å². The number of thiazole rings is 1. The van der Waals surface area contributed by atoms with Gasteiger partial charge in [0.25, 0.3) is 0 Å². The average molecular weight is 307 g/mol. The van der Waals surface area contributed by atoms with Gasteiger partial charge >= 0.3 is 0 Å². The Kier molecular flexibility index (Phi) is 3.60. The van der Waals surface area contributed by atoms with Crippen molar-refractivity contribution in [2.75, 3.05) is 18.0 Å². The van der Waals surface area contributed by atoms with E-state index in [0.29, 0.717) is 0 Å². The second-order valence-corrected chi connectivity index (χ2v) is 6.38. The van der Waals surface area contributed by atoms with E-state index in [0.717, 1.165) is 16.3 Å². The van der Waals surface area contributed by atoms with Gasteiger partial charge in [0.1, 0.15) is 5.01 Å². The maximum absolute atomic E-state index is 4.74. The predicted octanol–water partition coefficient (Wildman–Crippen LogP) is 4.47. The Morgan fingerprint density at radius 1 is 0.955 bits per heavy atom. The molecule has 1 aliphatic heterocycles. The zero-order chi connectivity index (χ0) is 14.8. The van der Waals surface area contributed by atoms with Crippen LogP contribution in [0.4, 0.5) is 5.69 Å². The molecule has 0 radical (unpaired) electrons. The normalized spacial score (nSPS) is 14.5. The Labute approximate surface area is 134 Å². The topological polar surface area (TPSA) is 29.0 Å². The fraction of sp³-hybridized carbons (Fsp3) is 0.222. The minimum atomic E-state index is 1.02. The largest absolute Gasteiger partial charge is 0.372 e. The molecular weight excluding hydrogens is 290 g/mol. The first kappa shape index (κ1) is 13.5. The fourth-order valence-corrected chi connectivity index (χ4v) is 3.67. The quantitative estimate of drug-likeness (QED) is 0.715. The highest BCUT2D eigenvalue weighted by atomic mass is 32.1. The van der Waals surface area contributed by atoms with Crippen LogP contribution in [0.3, 0.4) is 0 Å². The molecule has 0 saturated carbocycles. The minimum absolute atomic E-state index is 1.02. The van der Waals surface area contributed by atoms with Crippen LogP contribution in [-0.2, 0) is 0 Å². The number of rotatable bonds is 3. The third kappa shape index (κ3) is 2.62. The summed E-state index contributed by atoms with van der Waals surface area (Å²) in [5.41, 5.74) is 4.61. The molecule has 110 valence electrons. The molecule has 1 saturated heterocycles. The van der Waals surface area contributed by atoms with E-state index in [1.165, 1.54) is 37.2 Å². The molecule has 0 N–H and O–H groups in total. The van der Waals surface area contributed by atoms with Crippen molar-refractivity contribution < 1.29 is 0 Å². The van der Waals surface area contributed by atoms with Crippen molar-refractivity contribution in [3.63, 3.8) is 0 Å². The Morgan fingerprint density at radius 2 is 1.77 bits per heavy atom. The van der Waals surface area contributed by atoms with Crippen LogP contribution >= 0.6 is 11.3 Å². The maximum atomic E-state index is 4.74. The molecular formula is C18H17N3S. The standard InChI is InChI=1S/C18H17N3S/c1-2-11-21(10-1)16-7-5-14(6-8-16)17-13-22-18(20-17)15-4-3-9-19-12-15/h3-9,12-13H,1-2,10-11H2. The first-order valence-electron chi connectivity index (χ1n) is 7.61. The summed E-state index contributed by atoms with van der Waals surface area (Å²) in [5.74, 6) is 0. The summed E-state index contributed by atoms with van der Waals surface area (Å²) < 4.78 is 0. The molecule has 0 unspecified atom stereocenters. The van der Waals surface area contributed by atoms with Crippen LogP contribution in [0.1, 0.15) is 12.8 Å². The zero-order valence-electron chi connectivity index (χ0n) is 12.3. The van der Waals surface area contributed by atoms with Crippen LogP contribution < -0.4 is 4.90 Å². The molecule has 3 nitrogen and oxygen atoms in total.